The molecule has 13 heteroatoms. The van der Waals surface area contributed by atoms with Crippen molar-refractivity contribution in [2.75, 3.05) is 23.7 Å². The molecule has 10 nitrogen and oxygen atoms in total. The molecule has 2 aromatic carbocycles. The number of nitro groups is 1. The van der Waals surface area contributed by atoms with Crippen molar-refractivity contribution in [3.63, 3.8) is 0 Å². The summed E-state index contributed by atoms with van der Waals surface area (Å²) in [5.41, 5.74) is 0.0153. The molecular formula is C24H30Cl2N4O6S. The molecule has 0 aliphatic heterocycles. The zero-order valence-corrected chi connectivity index (χ0v) is 23.1. The number of nitro benzene ring substituents is 1. The van der Waals surface area contributed by atoms with Crippen molar-refractivity contribution in [1.82, 2.24) is 10.2 Å². The molecule has 2 rings (SSSR count). The fourth-order valence-electron chi connectivity index (χ4n) is 3.65. The number of hydrogen-bond donors (Lipinski definition) is 1. The van der Waals surface area contributed by atoms with Crippen LogP contribution in [-0.4, -0.2) is 55.4 Å². The second-order valence-electron chi connectivity index (χ2n) is 8.34. The predicted octanol–water partition coefficient (Wildman–Crippen LogP) is 4.39. The first-order chi connectivity index (χ1) is 17.4. The molecule has 0 aromatic heterocycles. The van der Waals surface area contributed by atoms with Gasteiger partial charge in [0.25, 0.3) is 5.69 Å². The van der Waals surface area contributed by atoms with Gasteiger partial charge in [-0.2, -0.15) is 0 Å². The number of non-ortho nitro benzene ring substituents is 1. The van der Waals surface area contributed by atoms with E-state index in [4.69, 9.17) is 23.2 Å². The van der Waals surface area contributed by atoms with Gasteiger partial charge in [-0.3, -0.25) is 24.0 Å². The summed E-state index contributed by atoms with van der Waals surface area (Å²) in [6.45, 7) is 3.29. The number of carbonyl (C=O) groups is 2. The first-order valence-corrected chi connectivity index (χ1v) is 14.2. The molecule has 0 aliphatic rings. The van der Waals surface area contributed by atoms with Gasteiger partial charge in [0.15, 0.2) is 0 Å². The molecule has 0 spiro atoms. The van der Waals surface area contributed by atoms with Crippen molar-refractivity contribution in [1.29, 1.82) is 0 Å². The first-order valence-electron chi connectivity index (χ1n) is 11.6. The molecular weight excluding hydrogens is 543 g/mol. The predicted molar refractivity (Wildman–Crippen MR) is 144 cm³/mol. The summed E-state index contributed by atoms with van der Waals surface area (Å²) < 4.78 is 26.1. The highest BCUT2D eigenvalue weighted by Gasteiger charge is 2.32. The molecule has 0 fully saturated rings. The normalized spacial score (nSPS) is 12.0. The Bertz CT molecular complexity index is 1220. The van der Waals surface area contributed by atoms with Crippen LogP contribution in [0.2, 0.25) is 10.0 Å². The number of nitrogens with zero attached hydrogens (tertiary/aromatic N) is 3. The summed E-state index contributed by atoms with van der Waals surface area (Å²) in [5, 5.41) is 14.6. The molecule has 37 heavy (non-hydrogen) atoms. The van der Waals surface area contributed by atoms with Crippen LogP contribution in [0.25, 0.3) is 0 Å². The van der Waals surface area contributed by atoms with E-state index in [9.17, 15) is 28.1 Å². The fourth-order valence-corrected chi connectivity index (χ4v) is 5.01. The molecule has 0 saturated heterocycles. The average Bonchev–Trinajstić information content (AvgIpc) is 2.83. The van der Waals surface area contributed by atoms with E-state index in [1.165, 1.54) is 23.1 Å². The molecule has 2 amide bonds. The number of carbonyl (C=O) groups excluding carboxylic acids is 2. The fraction of sp³-hybridized carbons (Fsp3) is 0.417. The van der Waals surface area contributed by atoms with Crippen LogP contribution in [0.4, 0.5) is 11.4 Å². The van der Waals surface area contributed by atoms with Gasteiger partial charge in [0.05, 0.1) is 16.9 Å². The largest absolute Gasteiger partial charge is 0.354 e. The third-order valence-corrected chi connectivity index (χ3v) is 7.46. The molecule has 0 aliphatic carbocycles. The third kappa shape index (κ3) is 8.31. The maximum Gasteiger partial charge on any atom is 0.271 e. The standard InChI is InChI=1S/C24H30Cl2N4O6S/c1-4-6-13-27-24(32)22(5-2)28(15-19-20(25)11-8-12-21(19)26)23(31)16-29(37(3,35)36)17-9-7-10-18(14-17)30(33)34/h7-12,14,22H,4-6,13,15-16H2,1-3H3,(H,27,32)/t22-/m1/s1. The van der Waals surface area contributed by atoms with Crippen LogP contribution in [0.1, 0.15) is 38.7 Å². The summed E-state index contributed by atoms with van der Waals surface area (Å²) >= 11 is 12.7. The number of unbranched alkanes of at least 4 members (excludes halogenated alkanes) is 1. The quantitative estimate of drug-likeness (QED) is 0.215. The smallest absolute Gasteiger partial charge is 0.271 e. The SMILES string of the molecule is CCCCNC(=O)[C@@H](CC)N(Cc1c(Cl)cccc1Cl)C(=O)CN(c1cccc([N+](=O)[O-])c1)S(C)(=O)=O. The second kappa shape index (κ2) is 13.6. The van der Waals surface area contributed by atoms with Crippen molar-refractivity contribution in [3.8, 4) is 0 Å². The monoisotopic (exact) mass is 572 g/mol. The van der Waals surface area contributed by atoms with Gasteiger partial charge in [0, 0.05) is 40.8 Å². The van der Waals surface area contributed by atoms with Crippen LogP contribution in [-0.2, 0) is 26.2 Å². The Morgan fingerprint density at radius 3 is 2.27 bits per heavy atom. The van der Waals surface area contributed by atoms with Crippen LogP contribution in [0.3, 0.4) is 0 Å². The number of anilines is 1. The zero-order valence-electron chi connectivity index (χ0n) is 20.8. The summed E-state index contributed by atoms with van der Waals surface area (Å²) in [7, 11) is -4.04. The summed E-state index contributed by atoms with van der Waals surface area (Å²) in [4.78, 5) is 38.5. The van der Waals surface area contributed by atoms with Crippen molar-refractivity contribution in [2.45, 2.75) is 45.7 Å². The van der Waals surface area contributed by atoms with Gasteiger partial charge >= 0.3 is 0 Å². The minimum atomic E-state index is -4.04. The summed E-state index contributed by atoms with van der Waals surface area (Å²) in [6, 6.07) is 8.85. The third-order valence-electron chi connectivity index (χ3n) is 5.61. The van der Waals surface area contributed by atoms with E-state index < -0.39 is 39.3 Å². The Morgan fingerprint density at radius 2 is 1.73 bits per heavy atom. The minimum absolute atomic E-state index is 0.0544. The lowest BCUT2D eigenvalue weighted by Crippen LogP contribution is -2.52. The van der Waals surface area contributed by atoms with Crippen LogP contribution >= 0.6 is 23.2 Å². The van der Waals surface area contributed by atoms with Crippen molar-refractivity contribution in [3.05, 3.63) is 68.2 Å². The summed E-state index contributed by atoms with van der Waals surface area (Å²) in [6.07, 6.45) is 2.74. The molecule has 1 atom stereocenters. The van der Waals surface area contributed by atoms with Gasteiger partial charge in [0.1, 0.15) is 12.6 Å². The molecule has 2 aromatic rings. The van der Waals surface area contributed by atoms with Gasteiger partial charge in [0.2, 0.25) is 21.8 Å². The first kappa shape index (κ1) is 30.3. The minimum Gasteiger partial charge on any atom is -0.354 e. The topological polar surface area (TPSA) is 130 Å². The van der Waals surface area contributed by atoms with Crippen LogP contribution < -0.4 is 9.62 Å². The van der Waals surface area contributed by atoms with Gasteiger partial charge in [-0.05, 0) is 31.0 Å². The Morgan fingerprint density at radius 1 is 1.11 bits per heavy atom. The van der Waals surface area contributed by atoms with Crippen LogP contribution in [0.15, 0.2) is 42.5 Å². The Hall–Kier alpha value is -2.89. The highest BCUT2D eigenvalue weighted by atomic mass is 35.5. The van der Waals surface area contributed by atoms with Crippen molar-refractivity contribution < 1.29 is 22.9 Å². The Labute approximate surface area is 226 Å². The average molecular weight is 573 g/mol. The van der Waals surface area contributed by atoms with E-state index in [2.05, 4.69) is 5.32 Å². The lowest BCUT2D eigenvalue weighted by atomic mass is 10.1. The number of sulfonamides is 1. The van der Waals surface area contributed by atoms with E-state index in [-0.39, 0.29) is 34.4 Å². The van der Waals surface area contributed by atoms with E-state index >= 15 is 0 Å². The highest BCUT2D eigenvalue weighted by molar-refractivity contribution is 7.92. The molecule has 0 bridgehead atoms. The van der Waals surface area contributed by atoms with E-state index in [0.717, 1.165) is 29.5 Å². The van der Waals surface area contributed by atoms with E-state index in [0.29, 0.717) is 12.1 Å². The maximum absolute atomic E-state index is 13.7. The summed E-state index contributed by atoms with van der Waals surface area (Å²) in [5.74, 6) is -1.10. The van der Waals surface area contributed by atoms with Crippen molar-refractivity contribution in [2.24, 2.45) is 0 Å². The van der Waals surface area contributed by atoms with E-state index in [1.54, 1.807) is 25.1 Å². The lowest BCUT2D eigenvalue weighted by molar-refractivity contribution is -0.384. The van der Waals surface area contributed by atoms with Gasteiger partial charge in [-0.25, -0.2) is 8.42 Å². The van der Waals surface area contributed by atoms with Gasteiger partial charge < -0.3 is 10.2 Å². The zero-order chi connectivity index (χ0) is 27.8. The van der Waals surface area contributed by atoms with E-state index in [1.807, 2.05) is 6.92 Å². The maximum atomic E-state index is 13.7. The Balaban J connectivity index is 2.50. The van der Waals surface area contributed by atoms with Gasteiger partial charge in [-0.1, -0.05) is 55.6 Å². The van der Waals surface area contributed by atoms with Gasteiger partial charge in [-0.15, -0.1) is 0 Å². The highest BCUT2D eigenvalue weighted by Crippen LogP contribution is 2.28. The second-order valence-corrected chi connectivity index (χ2v) is 11.1. The molecule has 0 radical (unpaired) electrons. The number of rotatable bonds is 13. The number of nitrogens with one attached hydrogen (secondary N) is 1. The number of halogens is 2. The molecule has 0 saturated carbocycles. The molecule has 202 valence electrons. The van der Waals surface area contributed by atoms with Crippen LogP contribution in [0, 0.1) is 10.1 Å². The lowest BCUT2D eigenvalue weighted by Gasteiger charge is -2.33. The number of benzene rings is 2. The Kier molecular flexibility index (Phi) is 11.1. The molecule has 0 unspecified atom stereocenters. The molecule has 0 heterocycles. The number of hydrogen-bond acceptors (Lipinski definition) is 6. The molecule has 1 N–H and O–H groups in total. The van der Waals surface area contributed by atoms with Crippen molar-refractivity contribution >= 4 is 56.4 Å². The van der Waals surface area contributed by atoms with Crippen LogP contribution in [0.5, 0.6) is 0 Å². The number of amides is 2.